The minimum Gasteiger partial charge on any atom is -0.491 e. The lowest BCUT2D eigenvalue weighted by atomic mass is 10.0. The number of benzene rings is 3. The van der Waals surface area contributed by atoms with Gasteiger partial charge in [0.2, 0.25) is 11.9 Å². The van der Waals surface area contributed by atoms with Crippen molar-refractivity contribution in [2.45, 2.75) is 40.2 Å². The minimum absolute atomic E-state index is 0. The summed E-state index contributed by atoms with van der Waals surface area (Å²) in [5.41, 5.74) is 6.96. The number of aromatic amines is 1. The van der Waals surface area contributed by atoms with Crippen molar-refractivity contribution >= 4 is 58.6 Å². The third kappa shape index (κ3) is 15.3. The predicted octanol–water partition coefficient (Wildman–Crippen LogP) is 7.19. The molecule has 20 heteroatoms. The van der Waals surface area contributed by atoms with E-state index in [2.05, 4.69) is 25.1 Å². The van der Waals surface area contributed by atoms with E-state index in [-0.39, 0.29) is 57.5 Å². The molecule has 2 aromatic heterocycles. The molecule has 0 bridgehead atoms. The Bertz CT molecular complexity index is 2300. The van der Waals surface area contributed by atoms with Gasteiger partial charge in [-0.05, 0) is 84.3 Å². The quantitative estimate of drug-likeness (QED) is 0.0413. The molecule has 0 radical (unpaired) electrons. The van der Waals surface area contributed by atoms with Crippen LogP contribution in [-0.4, -0.2) is 69.6 Å². The Balaban J connectivity index is -0.000000492. The topological polar surface area (TPSA) is 286 Å². The molecule has 5 aromatic rings. The maximum atomic E-state index is 14.1. The summed E-state index contributed by atoms with van der Waals surface area (Å²) in [4.78, 5) is 26.4. The van der Waals surface area contributed by atoms with Crippen molar-refractivity contribution in [3.05, 3.63) is 122 Å². The van der Waals surface area contributed by atoms with E-state index in [4.69, 9.17) is 15.6 Å². The van der Waals surface area contributed by atoms with Gasteiger partial charge in [-0.1, -0.05) is 68.1 Å². The zero-order valence-electron chi connectivity index (χ0n) is 35.6. The van der Waals surface area contributed by atoms with E-state index < -0.39 is 11.9 Å². The minimum atomic E-state index is -1.04. The molecule has 1 fully saturated rings. The van der Waals surface area contributed by atoms with Gasteiger partial charge in [-0.2, -0.15) is 8.78 Å². The number of halogens is 3. The number of nitrogens with one attached hydrogen (secondary N) is 7. The van der Waals surface area contributed by atoms with Gasteiger partial charge in [0.05, 0.1) is 29.6 Å². The van der Waals surface area contributed by atoms with Gasteiger partial charge in [0.25, 0.3) is 11.1 Å². The summed E-state index contributed by atoms with van der Waals surface area (Å²) in [6.07, 6.45) is 9.39. The summed E-state index contributed by atoms with van der Waals surface area (Å²) in [6.45, 7) is 7.03. The van der Waals surface area contributed by atoms with Gasteiger partial charge in [0.15, 0.2) is 5.75 Å². The zero-order valence-corrected chi connectivity index (χ0v) is 37.2. The van der Waals surface area contributed by atoms with Crippen LogP contribution in [0.1, 0.15) is 51.8 Å². The molecule has 2 heterocycles. The largest absolute Gasteiger partial charge is 0.491 e. The molecule has 0 atom stereocenters. The monoisotopic (exact) mass is 912 g/mol. The van der Waals surface area contributed by atoms with Crippen molar-refractivity contribution < 1.29 is 43.0 Å². The lowest BCUT2D eigenvalue weighted by Gasteiger charge is -2.17. The van der Waals surface area contributed by atoms with Crippen LogP contribution in [0.3, 0.4) is 0 Å². The number of ether oxygens (including phenoxy) is 1. The first-order chi connectivity index (χ1) is 27.4. The molecule has 3 aromatic carbocycles. The lowest BCUT2D eigenvalue weighted by Crippen LogP contribution is -2.18. The SMILES string of the molecule is CC.COc1cc(-c2cc(NCc3ccccc3)c(C(=N)F)c(NSC)c2)c[nH]c1=O.CSNc1cc(-c2cc(C)c(=O)n(C)c2)cc(NCC2CC2)c1C(=N)F.F.O.O.O.O.[HH].[HH]. The maximum absolute atomic E-state index is 14.1. The second-order valence-electron chi connectivity index (χ2n) is 12.9. The van der Waals surface area contributed by atoms with Crippen LogP contribution in [0.4, 0.5) is 36.2 Å². The molecule has 0 amide bonds. The van der Waals surface area contributed by atoms with Gasteiger partial charge in [0.1, 0.15) is 0 Å². The number of nitrogens with zero attached hydrogens (tertiary/aromatic N) is 1. The number of methoxy groups -OCH3 is 1. The van der Waals surface area contributed by atoms with Crippen LogP contribution in [0.15, 0.2) is 88.7 Å². The molecule has 0 spiro atoms. The van der Waals surface area contributed by atoms with Crippen LogP contribution in [0, 0.1) is 23.7 Å². The highest BCUT2D eigenvalue weighted by Crippen LogP contribution is 2.37. The number of hydrogen-bond donors (Lipinski definition) is 7. The number of H-pyrrole nitrogens is 1. The second kappa shape index (κ2) is 28.0. The number of rotatable bonds is 15. The fraction of sp³-hybridized carbons (Fsp3) is 0.286. The van der Waals surface area contributed by atoms with Gasteiger partial charge < -0.3 is 56.3 Å². The summed E-state index contributed by atoms with van der Waals surface area (Å²) >= 11 is 2.65. The number of aromatic nitrogens is 2. The Morgan fingerprint density at radius 1 is 0.806 bits per heavy atom. The summed E-state index contributed by atoms with van der Waals surface area (Å²) in [6, 6.07) is 20.3. The Kier molecular flexibility index (Phi) is 26.3. The smallest absolute Gasteiger partial charge is 0.290 e. The van der Waals surface area contributed by atoms with Crippen LogP contribution in [0.5, 0.6) is 5.75 Å². The average Bonchev–Trinajstić information content (AvgIpc) is 4.04. The first-order valence-electron chi connectivity index (χ1n) is 18.3. The van der Waals surface area contributed by atoms with Gasteiger partial charge in [-0.25, -0.2) is 0 Å². The highest BCUT2D eigenvalue weighted by Gasteiger charge is 2.23. The normalized spacial score (nSPS) is 10.7. The molecule has 1 aliphatic rings. The van der Waals surface area contributed by atoms with E-state index in [1.54, 1.807) is 49.1 Å². The van der Waals surface area contributed by atoms with Crippen LogP contribution < -0.4 is 35.9 Å². The average molecular weight is 913 g/mol. The van der Waals surface area contributed by atoms with Gasteiger partial charge in [-0.3, -0.25) is 25.1 Å². The van der Waals surface area contributed by atoms with Crippen molar-refractivity contribution in [1.29, 1.82) is 10.8 Å². The third-order valence-electron chi connectivity index (χ3n) is 8.86. The first-order valence-corrected chi connectivity index (χ1v) is 20.8. The van der Waals surface area contributed by atoms with Crippen LogP contribution in [0.25, 0.3) is 22.3 Å². The maximum Gasteiger partial charge on any atom is 0.290 e. The Morgan fingerprint density at radius 3 is 1.77 bits per heavy atom. The van der Waals surface area contributed by atoms with Crippen molar-refractivity contribution in [3.63, 3.8) is 0 Å². The number of hydrogen-bond acceptors (Lipinski definition) is 11. The molecule has 0 unspecified atom stereocenters. The van der Waals surface area contributed by atoms with Crippen LogP contribution in [-0.2, 0) is 13.6 Å². The molecule has 346 valence electrons. The lowest BCUT2D eigenvalue weighted by molar-refractivity contribution is 0.408. The van der Waals surface area contributed by atoms with Crippen LogP contribution in [0.2, 0.25) is 0 Å². The molecule has 1 saturated carbocycles. The number of aryl methyl sites for hydroxylation is 2. The molecule has 0 saturated heterocycles. The Hall–Kier alpha value is -5.77. The summed E-state index contributed by atoms with van der Waals surface area (Å²) in [5, 5.41) is 21.7. The number of pyridine rings is 2. The fourth-order valence-electron chi connectivity index (χ4n) is 5.94. The highest BCUT2D eigenvalue weighted by atomic mass is 32.2. The van der Waals surface area contributed by atoms with Gasteiger partial charge in [-0.15, -0.1) is 0 Å². The van der Waals surface area contributed by atoms with E-state index >= 15 is 0 Å². The van der Waals surface area contributed by atoms with Crippen molar-refractivity contribution in [2.75, 3.05) is 46.2 Å². The van der Waals surface area contributed by atoms with Crippen molar-refractivity contribution in [3.8, 4) is 28.0 Å². The predicted molar refractivity (Wildman–Crippen MR) is 259 cm³/mol. The van der Waals surface area contributed by atoms with E-state index in [1.165, 1.54) is 43.8 Å². The molecule has 15 nitrogen and oxygen atoms in total. The Morgan fingerprint density at radius 2 is 1.31 bits per heavy atom. The summed E-state index contributed by atoms with van der Waals surface area (Å²) in [5.74, 6) is -1.20. The van der Waals surface area contributed by atoms with E-state index in [0.29, 0.717) is 46.3 Å². The molecule has 62 heavy (non-hydrogen) atoms. The highest BCUT2D eigenvalue weighted by molar-refractivity contribution is 8.00. The molecule has 15 N–H and O–H groups in total. The summed E-state index contributed by atoms with van der Waals surface area (Å²) < 4.78 is 40.9. The van der Waals surface area contributed by atoms with E-state index in [9.17, 15) is 18.4 Å². The van der Waals surface area contributed by atoms with Crippen molar-refractivity contribution in [1.82, 2.24) is 9.55 Å². The molecule has 1 aliphatic carbocycles. The third-order valence-corrected chi connectivity index (χ3v) is 9.71. The van der Waals surface area contributed by atoms with Crippen molar-refractivity contribution in [2.24, 2.45) is 13.0 Å². The molecule has 6 rings (SSSR count). The Labute approximate surface area is 370 Å². The fourth-order valence-corrected chi connectivity index (χ4v) is 6.70. The van der Waals surface area contributed by atoms with Crippen LogP contribution >= 0.6 is 23.9 Å². The molecular formula is C42H63F3N8O7S2. The number of anilines is 4. The summed E-state index contributed by atoms with van der Waals surface area (Å²) in [7, 11) is 3.15. The van der Waals surface area contributed by atoms with Gasteiger partial charge >= 0.3 is 0 Å². The standard InChI is InChI=1S/C21H21FN4O2S.C19H23FN4OS.C2H6.FH.4H2O.2H2/c1-28-18-10-15(12-25-21(18)27)14-8-16(24-11-13-6-4-3-5-7-13)19(20(22)23)17(9-14)26-29-2;1-11-6-14(10-24(2)19(11)25)13-7-15(22-9-12-4-5-12)17(18(20)21)16(8-13)23-26-3;1-2;;;;;;;/h3-10,12,23-24,26H,11H2,1-2H3,(H,25,27);6-8,10,12,21-23H,4-5,9H2,1-3H3;1-2H3;1H;4*1H2;2*1H. The van der Waals surface area contributed by atoms with E-state index in [1.807, 2.05) is 74.9 Å². The van der Waals surface area contributed by atoms with Gasteiger partial charge in [0, 0.05) is 70.4 Å². The molecular weight excluding hydrogens is 850 g/mol. The zero-order chi connectivity index (χ0) is 41.6. The molecule has 0 aliphatic heterocycles. The van der Waals surface area contributed by atoms with E-state index in [0.717, 1.165) is 28.8 Å². The first kappa shape index (κ1) is 58.3. The second-order valence-corrected chi connectivity index (χ2v) is 14.1.